The molecule has 1 aliphatic heterocycles. The molecule has 0 unspecified atom stereocenters. The number of rotatable bonds is 3. The van der Waals surface area contributed by atoms with E-state index >= 15 is 0 Å². The average Bonchev–Trinajstić information content (AvgIpc) is 3.25. The van der Waals surface area contributed by atoms with E-state index in [0.717, 1.165) is 10.6 Å². The quantitative estimate of drug-likeness (QED) is 0.557. The number of benzene rings is 2. The van der Waals surface area contributed by atoms with Crippen LogP contribution in [-0.2, 0) is 0 Å². The molecule has 2 amide bonds. The molecular formula is C21H16Cl2FN3O2S. The fourth-order valence-electron chi connectivity index (χ4n) is 3.20. The lowest BCUT2D eigenvalue weighted by Crippen LogP contribution is -2.50. The van der Waals surface area contributed by atoms with Crippen molar-refractivity contribution < 1.29 is 14.0 Å². The summed E-state index contributed by atoms with van der Waals surface area (Å²) >= 11 is 13.2. The van der Waals surface area contributed by atoms with Gasteiger partial charge in [-0.1, -0.05) is 35.3 Å². The summed E-state index contributed by atoms with van der Waals surface area (Å²) in [5, 5.41) is 3.40. The summed E-state index contributed by atoms with van der Waals surface area (Å²) in [6.07, 6.45) is 0. The molecular weight excluding hydrogens is 448 g/mol. The zero-order chi connectivity index (χ0) is 21.3. The van der Waals surface area contributed by atoms with E-state index in [2.05, 4.69) is 4.98 Å². The van der Waals surface area contributed by atoms with Crippen molar-refractivity contribution in [1.29, 1.82) is 0 Å². The Kier molecular flexibility index (Phi) is 6.04. The first-order chi connectivity index (χ1) is 14.4. The standard InChI is InChI=1S/C21H16Cl2FN3O2S/c22-14-3-1-13(2-4-14)19-25-18(12-30-19)21(29)27-9-7-26(8-10-27)20(28)16-11-15(23)5-6-17(16)24/h1-6,11-12H,7-10H2. The van der Waals surface area contributed by atoms with Crippen LogP contribution >= 0.6 is 34.5 Å². The maximum Gasteiger partial charge on any atom is 0.273 e. The van der Waals surface area contributed by atoms with Gasteiger partial charge in [-0.3, -0.25) is 9.59 Å². The number of hydrogen-bond acceptors (Lipinski definition) is 4. The number of nitrogens with zero attached hydrogens (tertiary/aromatic N) is 3. The van der Waals surface area contributed by atoms with Crippen molar-refractivity contribution in [3.8, 4) is 10.6 Å². The van der Waals surface area contributed by atoms with E-state index in [1.165, 1.54) is 34.4 Å². The molecule has 9 heteroatoms. The van der Waals surface area contributed by atoms with Crippen LogP contribution in [0.25, 0.3) is 10.6 Å². The highest BCUT2D eigenvalue weighted by molar-refractivity contribution is 7.13. The fourth-order valence-corrected chi connectivity index (χ4v) is 4.30. The van der Waals surface area contributed by atoms with Gasteiger partial charge < -0.3 is 9.80 Å². The van der Waals surface area contributed by atoms with Crippen LogP contribution in [0.4, 0.5) is 4.39 Å². The Morgan fingerprint density at radius 2 is 1.50 bits per heavy atom. The van der Waals surface area contributed by atoms with Gasteiger partial charge in [0.2, 0.25) is 0 Å². The van der Waals surface area contributed by atoms with Crippen molar-refractivity contribution in [2.75, 3.05) is 26.2 Å². The lowest BCUT2D eigenvalue weighted by molar-refractivity contribution is 0.0530. The van der Waals surface area contributed by atoms with Crippen molar-refractivity contribution in [3.63, 3.8) is 0 Å². The van der Waals surface area contributed by atoms with E-state index in [4.69, 9.17) is 23.2 Å². The predicted octanol–water partition coefficient (Wildman–Crippen LogP) is 4.85. The van der Waals surface area contributed by atoms with Crippen LogP contribution in [0.2, 0.25) is 10.0 Å². The molecule has 5 nitrogen and oxygen atoms in total. The van der Waals surface area contributed by atoms with E-state index in [0.29, 0.717) is 41.9 Å². The second-order valence-corrected chi connectivity index (χ2v) is 8.48. The van der Waals surface area contributed by atoms with Crippen molar-refractivity contribution in [2.24, 2.45) is 0 Å². The first-order valence-corrected chi connectivity index (χ1v) is 10.8. The van der Waals surface area contributed by atoms with Gasteiger partial charge in [0, 0.05) is 47.2 Å². The molecule has 1 aliphatic rings. The molecule has 0 N–H and O–H groups in total. The predicted molar refractivity (Wildman–Crippen MR) is 116 cm³/mol. The Bertz CT molecular complexity index is 1100. The van der Waals surface area contributed by atoms with Crippen LogP contribution in [0, 0.1) is 5.82 Å². The third kappa shape index (κ3) is 4.33. The zero-order valence-corrected chi connectivity index (χ0v) is 18.0. The lowest BCUT2D eigenvalue weighted by atomic mass is 10.1. The minimum Gasteiger partial charge on any atom is -0.335 e. The van der Waals surface area contributed by atoms with Gasteiger partial charge in [0.1, 0.15) is 16.5 Å². The van der Waals surface area contributed by atoms with Gasteiger partial charge in [-0.05, 0) is 30.3 Å². The first kappa shape index (κ1) is 20.8. The van der Waals surface area contributed by atoms with E-state index in [9.17, 15) is 14.0 Å². The van der Waals surface area contributed by atoms with Gasteiger partial charge in [-0.2, -0.15) is 0 Å². The fraction of sp³-hybridized carbons (Fsp3) is 0.190. The van der Waals surface area contributed by atoms with Gasteiger partial charge in [0.15, 0.2) is 0 Å². The van der Waals surface area contributed by atoms with Gasteiger partial charge in [-0.15, -0.1) is 11.3 Å². The Morgan fingerprint density at radius 3 is 2.17 bits per heavy atom. The third-order valence-electron chi connectivity index (χ3n) is 4.83. The van der Waals surface area contributed by atoms with Crippen LogP contribution in [0.1, 0.15) is 20.8 Å². The first-order valence-electron chi connectivity index (χ1n) is 9.17. The summed E-state index contributed by atoms with van der Waals surface area (Å²) in [6.45, 7) is 1.32. The molecule has 0 spiro atoms. The Hall–Kier alpha value is -2.48. The average molecular weight is 464 g/mol. The minimum absolute atomic E-state index is 0.0608. The number of piperazine rings is 1. The van der Waals surface area contributed by atoms with E-state index < -0.39 is 11.7 Å². The van der Waals surface area contributed by atoms with Crippen LogP contribution in [0.15, 0.2) is 47.8 Å². The minimum atomic E-state index is -0.611. The van der Waals surface area contributed by atoms with Crippen molar-refractivity contribution in [1.82, 2.24) is 14.8 Å². The number of amides is 2. The van der Waals surface area contributed by atoms with Gasteiger partial charge in [0.25, 0.3) is 11.8 Å². The summed E-state index contributed by atoms with van der Waals surface area (Å²) in [7, 11) is 0. The van der Waals surface area contributed by atoms with Crippen LogP contribution < -0.4 is 0 Å². The molecule has 1 saturated heterocycles. The largest absolute Gasteiger partial charge is 0.335 e. The van der Waals surface area contributed by atoms with Crippen molar-refractivity contribution >= 4 is 46.4 Å². The molecule has 0 atom stereocenters. The van der Waals surface area contributed by atoms with Gasteiger partial charge >= 0.3 is 0 Å². The van der Waals surface area contributed by atoms with Gasteiger partial charge in [-0.25, -0.2) is 9.37 Å². The number of halogens is 3. The summed E-state index contributed by atoms with van der Waals surface area (Å²) in [6, 6.07) is 11.2. The molecule has 4 rings (SSSR count). The topological polar surface area (TPSA) is 53.5 Å². The molecule has 2 aromatic carbocycles. The maximum atomic E-state index is 14.0. The molecule has 1 aromatic heterocycles. The molecule has 0 saturated carbocycles. The molecule has 3 aromatic rings. The van der Waals surface area contributed by atoms with Crippen molar-refractivity contribution in [3.05, 3.63) is 75.0 Å². The molecule has 154 valence electrons. The lowest BCUT2D eigenvalue weighted by Gasteiger charge is -2.34. The highest BCUT2D eigenvalue weighted by Gasteiger charge is 2.28. The van der Waals surface area contributed by atoms with E-state index in [1.54, 1.807) is 22.4 Å². The smallest absolute Gasteiger partial charge is 0.273 e. The summed E-state index contributed by atoms with van der Waals surface area (Å²) in [5.41, 5.74) is 1.20. The molecule has 2 heterocycles. The Balaban J connectivity index is 1.40. The zero-order valence-electron chi connectivity index (χ0n) is 15.6. The monoisotopic (exact) mass is 463 g/mol. The number of carbonyl (C=O) groups excluding carboxylic acids is 2. The summed E-state index contributed by atoms with van der Waals surface area (Å²) in [5.74, 6) is -1.23. The Labute approximate surface area is 186 Å². The number of carbonyl (C=O) groups is 2. The normalized spacial score (nSPS) is 14.1. The highest BCUT2D eigenvalue weighted by atomic mass is 35.5. The van der Waals surface area contributed by atoms with Gasteiger partial charge in [0.05, 0.1) is 5.56 Å². The van der Waals surface area contributed by atoms with Crippen LogP contribution in [-0.4, -0.2) is 52.8 Å². The SMILES string of the molecule is O=C(c1csc(-c2ccc(Cl)cc2)n1)N1CCN(C(=O)c2cc(Cl)ccc2F)CC1. The second kappa shape index (κ2) is 8.71. The molecule has 0 aliphatic carbocycles. The summed E-state index contributed by atoms with van der Waals surface area (Å²) in [4.78, 5) is 33.0. The number of thiazole rings is 1. The van der Waals surface area contributed by atoms with Crippen LogP contribution in [0.5, 0.6) is 0 Å². The second-order valence-electron chi connectivity index (χ2n) is 6.75. The molecule has 1 fully saturated rings. The van der Waals surface area contributed by atoms with E-state index in [-0.39, 0.29) is 11.5 Å². The summed E-state index contributed by atoms with van der Waals surface area (Å²) < 4.78 is 14.0. The van der Waals surface area contributed by atoms with E-state index in [1.807, 2.05) is 12.1 Å². The molecule has 0 bridgehead atoms. The maximum absolute atomic E-state index is 14.0. The molecule has 0 radical (unpaired) electrons. The Morgan fingerprint density at radius 1 is 0.900 bits per heavy atom. The van der Waals surface area contributed by atoms with Crippen molar-refractivity contribution in [2.45, 2.75) is 0 Å². The highest BCUT2D eigenvalue weighted by Crippen LogP contribution is 2.26. The van der Waals surface area contributed by atoms with Crippen LogP contribution in [0.3, 0.4) is 0 Å². The third-order valence-corrected chi connectivity index (χ3v) is 6.21. The number of aromatic nitrogens is 1. The number of hydrogen-bond donors (Lipinski definition) is 0. The molecule has 30 heavy (non-hydrogen) atoms.